The fourth-order valence-electron chi connectivity index (χ4n) is 2.34. The molecule has 6 nitrogen and oxygen atoms in total. The number of hydrogen-bond donors (Lipinski definition) is 4. The van der Waals surface area contributed by atoms with Gasteiger partial charge in [0.2, 0.25) is 0 Å². The number of ether oxygens (including phenoxy) is 2. The Bertz CT molecular complexity index is 418. The lowest BCUT2D eigenvalue weighted by Crippen LogP contribution is -2.58. The second-order valence-corrected chi connectivity index (χ2v) is 4.92. The maximum atomic E-state index is 9.94. The van der Waals surface area contributed by atoms with E-state index in [1.54, 1.807) is 19.2 Å². The van der Waals surface area contributed by atoms with Crippen LogP contribution < -0.4 is 4.74 Å². The Kier molecular flexibility index (Phi) is 4.95. The van der Waals surface area contributed by atoms with Gasteiger partial charge in [-0.25, -0.2) is 0 Å². The van der Waals surface area contributed by atoms with Crippen LogP contribution in [0.15, 0.2) is 24.3 Å². The highest BCUT2D eigenvalue weighted by Crippen LogP contribution is 2.24. The number of hydrogen-bond acceptors (Lipinski definition) is 6. The van der Waals surface area contributed by atoms with Crippen molar-refractivity contribution in [2.75, 3.05) is 13.7 Å². The highest BCUT2D eigenvalue weighted by atomic mass is 16.5. The second-order valence-electron chi connectivity index (χ2n) is 4.92. The molecule has 0 spiro atoms. The van der Waals surface area contributed by atoms with Gasteiger partial charge in [0.1, 0.15) is 30.2 Å². The zero-order valence-corrected chi connectivity index (χ0v) is 11.2. The van der Waals surface area contributed by atoms with Crippen molar-refractivity contribution in [3.63, 3.8) is 0 Å². The minimum Gasteiger partial charge on any atom is -0.497 e. The van der Waals surface area contributed by atoms with Gasteiger partial charge in [-0.1, -0.05) is 12.1 Å². The van der Waals surface area contributed by atoms with Crippen LogP contribution in [0.25, 0.3) is 0 Å². The second kappa shape index (κ2) is 6.51. The molecule has 5 atom stereocenters. The number of aliphatic hydroxyl groups is 4. The average Bonchev–Trinajstić information content (AvgIpc) is 2.48. The van der Waals surface area contributed by atoms with Crippen LogP contribution in [0.4, 0.5) is 0 Å². The van der Waals surface area contributed by atoms with Crippen LogP contribution in [0.2, 0.25) is 0 Å². The maximum Gasteiger partial charge on any atom is 0.118 e. The van der Waals surface area contributed by atoms with Gasteiger partial charge in [0.15, 0.2) is 0 Å². The summed E-state index contributed by atoms with van der Waals surface area (Å²) < 4.78 is 10.5. The zero-order chi connectivity index (χ0) is 14.7. The van der Waals surface area contributed by atoms with Crippen molar-refractivity contribution in [1.82, 2.24) is 0 Å². The van der Waals surface area contributed by atoms with Gasteiger partial charge in [0, 0.05) is 6.42 Å². The summed E-state index contributed by atoms with van der Waals surface area (Å²) in [5, 5.41) is 38.5. The van der Waals surface area contributed by atoms with Gasteiger partial charge in [-0.3, -0.25) is 0 Å². The van der Waals surface area contributed by atoms with Crippen LogP contribution in [-0.2, 0) is 11.2 Å². The Morgan fingerprint density at radius 1 is 1.00 bits per heavy atom. The van der Waals surface area contributed by atoms with Gasteiger partial charge in [-0.15, -0.1) is 0 Å². The summed E-state index contributed by atoms with van der Waals surface area (Å²) in [6.07, 6.45) is -5.03. The Morgan fingerprint density at radius 2 is 1.60 bits per heavy atom. The van der Waals surface area contributed by atoms with Crippen molar-refractivity contribution in [3.05, 3.63) is 29.8 Å². The first-order valence-corrected chi connectivity index (χ1v) is 6.50. The van der Waals surface area contributed by atoms with Gasteiger partial charge in [-0.05, 0) is 17.7 Å². The molecule has 112 valence electrons. The molecule has 1 aromatic carbocycles. The molecular weight excluding hydrogens is 264 g/mol. The first-order valence-electron chi connectivity index (χ1n) is 6.50. The van der Waals surface area contributed by atoms with E-state index in [2.05, 4.69) is 0 Å². The van der Waals surface area contributed by atoms with Crippen molar-refractivity contribution in [1.29, 1.82) is 0 Å². The first-order chi connectivity index (χ1) is 9.56. The molecule has 2 rings (SSSR count). The lowest BCUT2D eigenvalue weighted by molar-refractivity contribution is -0.228. The molecule has 0 aliphatic carbocycles. The van der Waals surface area contributed by atoms with E-state index in [4.69, 9.17) is 14.6 Å². The van der Waals surface area contributed by atoms with Gasteiger partial charge < -0.3 is 29.9 Å². The van der Waals surface area contributed by atoms with Crippen LogP contribution >= 0.6 is 0 Å². The quantitative estimate of drug-likeness (QED) is 0.571. The minimum absolute atomic E-state index is 0.367. The first kappa shape index (κ1) is 15.2. The predicted octanol–water partition coefficient (Wildman–Crippen LogP) is -0.920. The van der Waals surface area contributed by atoms with E-state index < -0.39 is 37.1 Å². The molecule has 6 heteroatoms. The summed E-state index contributed by atoms with van der Waals surface area (Å²) in [5.41, 5.74) is 0.898. The summed E-state index contributed by atoms with van der Waals surface area (Å²) in [5.74, 6) is 0.725. The molecule has 0 radical (unpaired) electrons. The molecule has 1 aliphatic rings. The average molecular weight is 284 g/mol. The third-order valence-corrected chi connectivity index (χ3v) is 3.59. The standard InChI is InChI=1S/C14H20O6/c1-19-9-4-2-8(3-5-9)6-10-12(16)14(18)13(17)11(7-15)20-10/h2-5,10-18H,6-7H2,1H3/t10-,11+,12-,13+,14+/m0/s1. The van der Waals surface area contributed by atoms with Crippen molar-refractivity contribution in [2.24, 2.45) is 0 Å². The van der Waals surface area contributed by atoms with Crippen molar-refractivity contribution in [3.8, 4) is 5.75 Å². The summed E-state index contributed by atoms with van der Waals surface area (Å²) in [4.78, 5) is 0. The molecule has 1 fully saturated rings. The molecule has 0 amide bonds. The summed E-state index contributed by atoms with van der Waals surface area (Å²) in [7, 11) is 1.58. The van der Waals surface area contributed by atoms with E-state index in [1.165, 1.54) is 0 Å². The summed E-state index contributed by atoms with van der Waals surface area (Å²) in [6.45, 7) is -0.413. The van der Waals surface area contributed by atoms with E-state index in [0.717, 1.165) is 11.3 Å². The molecule has 1 aliphatic heterocycles. The van der Waals surface area contributed by atoms with Gasteiger partial charge in [0.05, 0.1) is 19.8 Å². The Morgan fingerprint density at radius 3 is 2.15 bits per heavy atom. The molecular formula is C14H20O6. The fourth-order valence-corrected chi connectivity index (χ4v) is 2.34. The number of aliphatic hydroxyl groups excluding tert-OH is 4. The van der Waals surface area contributed by atoms with Gasteiger partial charge in [-0.2, -0.15) is 0 Å². The molecule has 0 saturated carbocycles. The molecule has 20 heavy (non-hydrogen) atoms. The number of rotatable bonds is 4. The Labute approximate surface area is 117 Å². The topological polar surface area (TPSA) is 99.4 Å². The highest BCUT2D eigenvalue weighted by molar-refractivity contribution is 5.27. The van der Waals surface area contributed by atoms with Crippen LogP contribution in [0.5, 0.6) is 5.75 Å². The van der Waals surface area contributed by atoms with E-state index in [0.29, 0.717) is 6.42 Å². The predicted molar refractivity (Wildman–Crippen MR) is 70.5 cm³/mol. The zero-order valence-electron chi connectivity index (χ0n) is 11.2. The third kappa shape index (κ3) is 3.11. The van der Waals surface area contributed by atoms with Gasteiger partial charge >= 0.3 is 0 Å². The molecule has 1 aromatic rings. The van der Waals surface area contributed by atoms with Crippen LogP contribution in [-0.4, -0.2) is 64.7 Å². The van der Waals surface area contributed by atoms with E-state index >= 15 is 0 Å². The van der Waals surface area contributed by atoms with Gasteiger partial charge in [0.25, 0.3) is 0 Å². The smallest absolute Gasteiger partial charge is 0.118 e. The molecule has 0 unspecified atom stereocenters. The number of benzene rings is 1. The Balaban J connectivity index is 2.06. The van der Waals surface area contributed by atoms with E-state index in [1.807, 2.05) is 12.1 Å². The largest absolute Gasteiger partial charge is 0.497 e. The molecule has 1 saturated heterocycles. The molecule has 4 N–H and O–H groups in total. The highest BCUT2D eigenvalue weighted by Gasteiger charge is 2.43. The van der Waals surface area contributed by atoms with Crippen LogP contribution in [0.3, 0.4) is 0 Å². The minimum atomic E-state index is -1.33. The number of methoxy groups -OCH3 is 1. The van der Waals surface area contributed by atoms with Crippen molar-refractivity contribution < 1.29 is 29.9 Å². The normalized spacial score (nSPS) is 34.0. The van der Waals surface area contributed by atoms with Crippen LogP contribution in [0.1, 0.15) is 5.56 Å². The third-order valence-electron chi connectivity index (χ3n) is 3.59. The lowest BCUT2D eigenvalue weighted by Gasteiger charge is -2.40. The fraction of sp³-hybridized carbons (Fsp3) is 0.571. The SMILES string of the molecule is COc1ccc(C[C@@H]2O[C@H](CO)[C@@H](O)[C@H](O)[C@H]2O)cc1. The maximum absolute atomic E-state index is 9.94. The summed E-state index contributed by atoms with van der Waals surface area (Å²) >= 11 is 0. The summed E-state index contributed by atoms with van der Waals surface area (Å²) in [6, 6.07) is 7.25. The van der Waals surface area contributed by atoms with E-state index in [-0.39, 0.29) is 0 Å². The van der Waals surface area contributed by atoms with E-state index in [9.17, 15) is 15.3 Å². The molecule has 1 heterocycles. The lowest BCUT2D eigenvalue weighted by atomic mass is 9.91. The Hall–Kier alpha value is -1.18. The van der Waals surface area contributed by atoms with Crippen LogP contribution in [0, 0.1) is 0 Å². The van der Waals surface area contributed by atoms with Crippen molar-refractivity contribution in [2.45, 2.75) is 36.9 Å². The molecule has 0 aromatic heterocycles. The van der Waals surface area contributed by atoms with Crippen molar-refractivity contribution >= 4 is 0 Å². The molecule has 0 bridgehead atoms. The monoisotopic (exact) mass is 284 g/mol.